The van der Waals surface area contributed by atoms with Gasteiger partial charge in [0.2, 0.25) is 10.0 Å². The fourth-order valence-corrected chi connectivity index (χ4v) is 5.64. The molecule has 2 aliphatic rings. The monoisotopic (exact) mass is 416 g/mol. The van der Waals surface area contributed by atoms with Crippen LogP contribution in [0.5, 0.6) is 0 Å². The van der Waals surface area contributed by atoms with Crippen LogP contribution in [0.25, 0.3) is 0 Å². The molecular formula is C22H25FN2O3S. The van der Waals surface area contributed by atoms with Crippen molar-refractivity contribution in [3.8, 4) is 0 Å². The third kappa shape index (κ3) is 3.94. The Hall–Kier alpha value is -2.25. The molecule has 0 radical (unpaired) electrons. The third-order valence-electron chi connectivity index (χ3n) is 5.89. The van der Waals surface area contributed by atoms with E-state index >= 15 is 0 Å². The molecule has 0 N–H and O–H groups in total. The Kier molecular flexibility index (Phi) is 5.44. The van der Waals surface area contributed by atoms with E-state index in [1.807, 2.05) is 17.0 Å². The molecule has 154 valence electrons. The molecule has 5 nitrogen and oxygen atoms in total. The van der Waals surface area contributed by atoms with E-state index in [-0.39, 0.29) is 5.78 Å². The number of aryl methyl sites for hydroxylation is 2. The highest BCUT2D eigenvalue weighted by atomic mass is 32.2. The number of fused-ring (bicyclic) bond motifs is 1. The summed E-state index contributed by atoms with van der Waals surface area (Å²) in [7, 11) is -3.56. The number of nitrogens with zero attached hydrogens (tertiary/aromatic N) is 2. The van der Waals surface area contributed by atoms with Crippen molar-refractivity contribution in [3.05, 3.63) is 58.9 Å². The van der Waals surface area contributed by atoms with Crippen molar-refractivity contribution < 1.29 is 17.6 Å². The van der Waals surface area contributed by atoms with Crippen molar-refractivity contribution in [1.29, 1.82) is 0 Å². The number of benzene rings is 2. The predicted molar refractivity (Wildman–Crippen MR) is 110 cm³/mol. The van der Waals surface area contributed by atoms with Gasteiger partial charge in [0, 0.05) is 31.7 Å². The molecule has 0 unspecified atom stereocenters. The molecular weight excluding hydrogens is 391 g/mol. The second-order valence-corrected chi connectivity index (χ2v) is 9.69. The van der Waals surface area contributed by atoms with Gasteiger partial charge in [-0.25, -0.2) is 12.8 Å². The highest BCUT2D eigenvalue weighted by Gasteiger charge is 2.30. The molecule has 0 atom stereocenters. The quantitative estimate of drug-likeness (QED) is 0.717. The number of anilines is 1. The van der Waals surface area contributed by atoms with Gasteiger partial charge in [-0.05, 0) is 74.1 Å². The van der Waals surface area contributed by atoms with Gasteiger partial charge in [-0.2, -0.15) is 4.31 Å². The van der Waals surface area contributed by atoms with Crippen LogP contribution in [0.4, 0.5) is 10.1 Å². The van der Waals surface area contributed by atoms with E-state index in [0.29, 0.717) is 42.3 Å². The zero-order chi connectivity index (χ0) is 20.6. The number of halogens is 1. The topological polar surface area (TPSA) is 57.7 Å². The lowest BCUT2D eigenvalue weighted by molar-refractivity contribution is 0.101. The maximum absolute atomic E-state index is 14.4. The van der Waals surface area contributed by atoms with E-state index in [1.54, 1.807) is 18.2 Å². The number of carbonyl (C=O) groups is 1. The molecule has 2 aromatic rings. The number of hydrogen-bond donors (Lipinski definition) is 0. The molecule has 1 aliphatic carbocycles. The van der Waals surface area contributed by atoms with Crippen molar-refractivity contribution in [2.24, 2.45) is 0 Å². The fourth-order valence-electron chi connectivity index (χ4n) is 4.17. The Morgan fingerprint density at radius 3 is 2.28 bits per heavy atom. The average molecular weight is 417 g/mol. The third-order valence-corrected chi connectivity index (χ3v) is 7.79. The number of sulfonamides is 1. The molecule has 1 heterocycles. The van der Waals surface area contributed by atoms with E-state index in [9.17, 15) is 17.6 Å². The Labute approximate surface area is 171 Å². The number of piperazine rings is 1. The van der Waals surface area contributed by atoms with Gasteiger partial charge in [0.25, 0.3) is 0 Å². The lowest BCUT2D eigenvalue weighted by Gasteiger charge is -2.35. The van der Waals surface area contributed by atoms with Crippen molar-refractivity contribution in [3.63, 3.8) is 0 Å². The summed E-state index contributed by atoms with van der Waals surface area (Å²) in [6.07, 6.45) is 4.21. The summed E-state index contributed by atoms with van der Waals surface area (Å²) in [6.45, 7) is 2.81. The molecule has 7 heteroatoms. The van der Waals surface area contributed by atoms with E-state index in [4.69, 9.17) is 0 Å². The normalized spacial score (nSPS) is 17.8. The summed E-state index contributed by atoms with van der Waals surface area (Å²) in [6, 6.07) is 9.94. The van der Waals surface area contributed by atoms with Crippen LogP contribution in [0.1, 0.15) is 41.3 Å². The van der Waals surface area contributed by atoms with Gasteiger partial charge in [-0.3, -0.25) is 4.79 Å². The number of carbonyl (C=O) groups excluding carboxylic acids is 1. The average Bonchev–Trinajstić information content (AvgIpc) is 2.73. The SMILES string of the molecule is CC(=O)c1ccc(N2CCN(S(=O)(=O)c3ccc4c(c3)CCCC4)CC2)c(F)c1. The van der Waals surface area contributed by atoms with Crippen LogP contribution in [-0.2, 0) is 22.9 Å². The maximum Gasteiger partial charge on any atom is 0.243 e. The molecule has 0 amide bonds. The van der Waals surface area contributed by atoms with Crippen LogP contribution in [0.15, 0.2) is 41.3 Å². The summed E-state index contributed by atoms with van der Waals surface area (Å²) in [4.78, 5) is 13.6. The fraction of sp³-hybridized carbons (Fsp3) is 0.409. The first kappa shape index (κ1) is 20.0. The molecule has 0 aromatic heterocycles. The summed E-state index contributed by atoms with van der Waals surface area (Å²) in [5.41, 5.74) is 3.13. The Morgan fingerprint density at radius 2 is 1.62 bits per heavy atom. The van der Waals surface area contributed by atoms with E-state index in [2.05, 4.69) is 0 Å². The van der Waals surface area contributed by atoms with Gasteiger partial charge in [0.15, 0.2) is 5.78 Å². The molecule has 0 saturated carbocycles. The summed E-state index contributed by atoms with van der Waals surface area (Å²) in [5, 5.41) is 0. The molecule has 0 spiro atoms. The molecule has 29 heavy (non-hydrogen) atoms. The molecule has 1 fully saturated rings. The van der Waals surface area contributed by atoms with Gasteiger partial charge in [0.05, 0.1) is 10.6 Å². The molecule has 4 rings (SSSR count). The standard InChI is InChI=1S/C22H25FN2O3S/c1-16(26)18-7-9-22(21(23)15-18)24-10-12-25(13-11-24)29(27,28)20-8-6-17-4-2-3-5-19(17)14-20/h6-9,14-15H,2-5,10-13H2,1H3. The largest absolute Gasteiger partial charge is 0.367 e. The summed E-state index contributed by atoms with van der Waals surface area (Å²) >= 11 is 0. The molecule has 0 bridgehead atoms. The Balaban J connectivity index is 1.48. The first-order chi connectivity index (χ1) is 13.9. The van der Waals surface area contributed by atoms with Gasteiger partial charge < -0.3 is 4.90 Å². The minimum atomic E-state index is -3.56. The number of rotatable bonds is 4. The van der Waals surface area contributed by atoms with Gasteiger partial charge in [0.1, 0.15) is 5.82 Å². The van der Waals surface area contributed by atoms with Crippen molar-refractivity contribution in [2.75, 3.05) is 31.1 Å². The van der Waals surface area contributed by atoms with Crippen LogP contribution in [0.3, 0.4) is 0 Å². The zero-order valence-electron chi connectivity index (χ0n) is 16.5. The van der Waals surface area contributed by atoms with Gasteiger partial charge in [-0.15, -0.1) is 0 Å². The van der Waals surface area contributed by atoms with E-state index < -0.39 is 15.8 Å². The summed E-state index contributed by atoms with van der Waals surface area (Å²) in [5.74, 6) is -0.639. The summed E-state index contributed by atoms with van der Waals surface area (Å²) < 4.78 is 42.1. The smallest absolute Gasteiger partial charge is 0.243 e. The molecule has 1 aliphatic heterocycles. The lowest BCUT2D eigenvalue weighted by Crippen LogP contribution is -2.49. The highest BCUT2D eigenvalue weighted by molar-refractivity contribution is 7.89. The van der Waals surface area contributed by atoms with Crippen molar-refractivity contribution in [1.82, 2.24) is 4.31 Å². The number of ketones is 1. The van der Waals surface area contributed by atoms with Crippen molar-refractivity contribution in [2.45, 2.75) is 37.5 Å². The van der Waals surface area contributed by atoms with Crippen LogP contribution >= 0.6 is 0 Å². The number of hydrogen-bond acceptors (Lipinski definition) is 4. The zero-order valence-corrected chi connectivity index (χ0v) is 17.3. The van der Waals surface area contributed by atoms with Crippen LogP contribution in [0, 0.1) is 5.82 Å². The first-order valence-corrected chi connectivity index (χ1v) is 11.5. The van der Waals surface area contributed by atoms with E-state index in [1.165, 1.54) is 22.9 Å². The Morgan fingerprint density at radius 1 is 0.931 bits per heavy atom. The molecule has 1 saturated heterocycles. The minimum Gasteiger partial charge on any atom is -0.367 e. The second kappa shape index (κ2) is 7.88. The van der Waals surface area contributed by atoms with Crippen LogP contribution < -0.4 is 4.90 Å². The Bertz CT molecular complexity index is 1040. The van der Waals surface area contributed by atoms with Crippen LogP contribution in [0.2, 0.25) is 0 Å². The van der Waals surface area contributed by atoms with Crippen molar-refractivity contribution >= 4 is 21.5 Å². The van der Waals surface area contributed by atoms with Gasteiger partial charge >= 0.3 is 0 Å². The predicted octanol–water partition coefficient (Wildman–Crippen LogP) is 3.42. The van der Waals surface area contributed by atoms with Crippen LogP contribution in [-0.4, -0.2) is 44.7 Å². The highest BCUT2D eigenvalue weighted by Crippen LogP contribution is 2.27. The lowest BCUT2D eigenvalue weighted by atomic mass is 9.92. The molecule has 2 aromatic carbocycles. The minimum absolute atomic E-state index is 0.184. The number of Topliss-reactive ketones (excluding diaryl/α,β-unsaturated/α-hetero) is 1. The van der Waals surface area contributed by atoms with Gasteiger partial charge in [-0.1, -0.05) is 6.07 Å². The first-order valence-electron chi connectivity index (χ1n) is 10.0. The second-order valence-electron chi connectivity index (χ2n) is 7.75. The van der Waals surface area contributed by atoms with E-state index in [0.717, 1.165) is 31.2 Å². The maximum atomic E-state index is 14.4.